The molecule has 1 aromatic carbocycles. The zero-order chi connectivity index (χ0) is 20.4. The monoisotopic (exact) mass is 380 g/mol. The molecule has 0 saturated carbocycles. The first-order valence-corrected chi connectivity index (χ1v) is 8.63. The largest absolute Gasteiger partial charge is 0.465 e. The lowest BCUT2D eigenvalue weighted by Crippen LogP contribution is -2.47. The average molecular weight is 380 g/mol. The molecule has 0 bridgehead atoms. The van der Waals surface area contributed by atoms with Gasteiger partial charge in [0.25, 0.3) is 5.69 Å². The number of aryl methyl sites for hydroxylation is 1. The van der Waals surface area contributed by atoms with Crippen LogP contribution in [0.4, 0.5) is 5.69 Å². The van der Waals surface area contributed by atoms with E-state index in [0.29, 0.717) is 12.0 Å². The fourth-order valence-corrected chi connectivity index (χ4v) is 2.62. The van der Waals surface area contributed by atoms with Gasteiger partial charge in [0.05, 0.1) is 24.2 Å². The molecule has 148 valence electrons. The van der Waals surface area contributed by atoms with Crippen molar-refractivity contribution in [2.24, 2.45) is 5.92 Å². The van der Waals surface area contributed by atoms with Gasteiger partial charge in [0, 0.05) is 19.1 Å². The smallest absolute Gasteiger partial charge is 0.322 e. The number of amides is 1. The Morgan fingerprint density at radius 3 is 2.22 bits per heavy atom. The molecule has 1 rings (SSSR count). The molecule has 0 aromatic heterocycles. The van der Waals surface area contributed by atoms with E-state index in [2.05, 4.69) is 5.32 Å². The summed E-state index contributed by atoms with van der Waals surface area (Å²) in [6, 6.07) is 5.17. The lowest BCUT2D eigenvalue weighted by atomic mass is 9.93. The fraction of sp³-hybridized carbons (Fsp3) is 0.500. The molecule has 0 saturated heterocycles. The first kappa shape index (κ1) is 22.1. The maximum atomic E-state index is 12.3. The van der Waals surface area contributed by atoms with Crippen LogP contribution in [0.3, 0.4) is 0 Å². The molecule has 0 radical (unpaired) electrons. The Labute approximate surface area is 157 Å². The number of nitrogens with zero attached hydrogens (tertiary/aromatic N) is 1. The zero-order valence-electron chi connectivity index (χ0n) is 15.6. The molecule has 1 aromatic rings. The third-order valence-corrected chi connectivity index (χ3v) is 3.74. The standard InChI is InChI=1S/C18H24N2O7/c1-4-26-17(22)16(18(23)27-5-2)15(19-12(3)21)10-9-13-7-6-8-14(11-13)20(24)25/h6-8,11,15-16H,4-5,9-10H2,1-3H3,(H,19,21). The van der Waals surface area contributed by atoms with Gasteiger partial charge in [-0.2, -0.15) is 0 Å². The molecule has 27 heavy (non-hydrogen) atoms. The van der Waals surface area contributed by atoms with Crippen LogP contribution in [-0.4, -0.2) is 42.0 Å². The van der Waals surface area contributed by atoms with Crippen molar-refractivity contribution in [3.63, 3.8) is 0 Å². The minimum atomic E-state index is -1.31. The molecule has 0 fully saturated rings. The molecule has 1 atom stereocenters. The van der Waals surface area contributed by atoms with Crippen LogP contribution in [0.15, 0.2) is 24.3 Å². The summed E-state index contributed by atoms with van der Waals surface area (Å²) in [7, 11) is 0. The number of esters is 2. The van der Waals surface area contributed by atoms with Crippen LogP contribution in [0, 0.1) is 16.0 Å². The van der Waals surface area contributed by atoms with Crippen molar-refractivity contribution in [2.45, 2.75) is 39.7 Å². The summed E-state index contributed by atoms with van der Waals surface area (Å²) in [5.41, 5.74) is 0.585. The van der Waals surface area contributed by atoms with E-state index in [1.54, 1.807) is 26.0 Å². The number of hydrogen-bond donors (Lipinski definition) is 1. The second-order valence-electron chi connectivity index (χ2n) is 5.75. The summed E-state index contributed by atoms with van der Waals surface area (Å²) in [5.74, 6) is -3.30. The normalized spacial score (nSPS) is 11.6. The minimum Gasteiger partial charge on any atom is -0.465 e. The van der Waals surface area contributed by atoms with Gasteiger partial charge in [-0.1, -0.05) is 12.1 Å². The van der Waals surface area contributed by atoms with Crippen molar-refractivity contribution in [1.29, 1.82) is 0 Å². The fourth-order valence-electron chi connectivity index (χ4n) is 2.62. The second-order valence-corrected chi connectivity index (χ2v) is 5.75. The van der Waals surface area contributed by atoms with Crippen LogP contribution in [0.5, 0.6) is 0 Å². The van der Waals surface area contributed by atoms with Crippen LogP contribution in [-0.2, 0) is 30.3 Å². The number of rotatable bonds is 10. The predicted octanol–water partition coefficient (Wildman–Crippen LogP) is 1.77. The number of carbonyl (C=O) groups excluding carboxylic acids is 3. The van der Waals surface area contributed by atoms with Crippen LogP contribution >= 0.6 is 0 Å². The van der Waals surface area contributed by atoms with E-state index in [4.69, 9.17) is 9.47 Å². The van der Waals surface area contributed by atoms with Crippen molar-refractivity contribution in [3.05, 3.63) is 39.9 Å². The third-order valence-electron chi connectivity index (χ3n) is 3.74. The zero-order valence-corrected chi connectivity index (χ0v) is 15.6. The van der Waals surface area contributed by atoms with Gasteiger partial charge in [-0.25, -0.2) is 0 Å². The van der Waals surface area contributed by atoms with Gasteiger partial charge in [0.15, 0.2) is 5.92 Å². The number of nitro benzene ring substituents is 1. The van der Waals surface area contributed by atoms with E-state index in [9.17, 15) is 24.5 Å². The van der Waals surface area contributed by atoms with Gasteiger partial charge in [-0.15, -0.1) is 0 Å². The van der Waals surface area contributed by atoms with Gasteiger partial charge in [0.1, 0.15) is 0 Å². The summed E-state index contributed by atoms with van der Waals surface area (Å²) < 4.78 is 9.91. The summed E-state index contributed by atoms with van der Waals surface area (Å²) >= 11 is 0. The number of ether oxygens (including phenoxy) is 2. The first-order chi connectivity index (χ1) is 12.8. The quantitative estimate of drug-likeness (QED) is 0.284. The summed E-state index contributed by atoms with van der Waals surface area (Å²) in [6.07, 6.45) is 0.505. The first-order valence-electron chi connectivity index (χ1n) is 8.63. The van der Waals surface area contributed by atoms with Gasteiger partial charge < -0.3 is 14.8 Å². The molecule has 0 spiro atoms. The summed E-state index contributed by atoms with van der Waals surface area (Å²) in [4.78, 5) is 46.5. The number of nitro groups is 1. The van der Waals surface area contributed by atoms with E-state index in [1.807, 2.05) is 0 Å². The molecule has 0 aliphatic carbocycles. The maximum Gasteiger partial charge on any atom is 0.322 e. The van der Waals surface area contributed by atoms with Crippen molar-refractivity contribution < 1.29 is 28.8 Å². The topological polar surface area (TPSA) is 125 Å². The van der Waals surface area contributed by atoms with Gasteiger partial charge in [-0.3, -0.25) is 24.5 Å². The molecular weight excluding hydrogens is 356 g/mol. The third kappa shape index (κ3) is 7.04. The minimum absolute atomic E-state index is 0.0593. The van der Waals surface area contributed by atoms with Crippen LogP contribution < -0.4 is 5.32 Å². The molecule has 9 heteroatoms. The van der Waals surface area contributed by atoms with Crippen molar-refractivity contribution >= 4 is 23.5 Å². The van der Waals surface area contributed by atoms with E-state index < -0.39 is 34.7 Å². The molecular formula is C18H24N2O7. The Kier molecular flexibility index (Phi) is 8.91. The highest BCUT2D eigenvalue weighted by Gasteiger charge is 2.37. The lowest BCUT2D eigenvalue weighted by molar-refractivity contribution is -0.384. The Morgan fingerprint density at radius 2 is 1.74 bits per heavy atom. The molecule has 0 heterocycles. The lowest BCUT2D eigenvalue weighted by Gasteiger charge is -2.24. The highest BCUT2D eigenvalue weighted by Crippen LogP contribution is 2.19. The average Bonchev–Trinajstić information content (AvgIpc) is 2.60. The molecule has 1 unspecified atom stereocenters. The molecule has 1 amide bonds. The highest BCUT2D eigenvalue weighted by molar-refractivity contribution is 5.96. The molecule has 0 aliphatic heterocycles. The van der Waals surface area contributed by atoms with Gasteiger partial charge in [0.2, 0.25) is 5.91 Å². The molecule has 1 N–H and O–H groups in total. The number of nitrogens with one attached hydrogen (secondary N) is 1. The Hall–Kier alpha value is -2.97. The van der Waals surface area contributed by atoms with Gasteiger partial charge in [-0.05, 0) is 32.3 Å². The predicted molar refractivity (Wildman–Crippen MR) is 95.8 cm³/mol. The van der Waals surface area contributed by atoms with E-state index in [-0.39, 0.29) is 25.3 Å². The van der Waals surface area contributed by atoms with Crippen molar-refractivity contribution in [3.8, 4) is 0 Å². The Morgan fingerprint density at radius 1 is 1.15 bits per heavy atom. The summed E-state index contributed by atoms with van der Waals surface area (Å²) in [5, 5.41) is 13.5. The highest BCUT2D eigenvalue weighted by atomic mass is 16.6. The Balaban J connectivity index is 3.04. The summed E-state index contributed by atoms with van der Waals surface area (Å²) in [6.45, 7) is 4.64. The van der Waals surface area contributed by atoms with E-state index in [1.165, 1.54) is 19.1 Å². The van der Waals surface area contributed by atoms with Crippen molar-refractivity contribution in [1.82, 2.24) is 5.32 Å². The maximum absolute atomic E-state index is 12.3. The van der Waals surface area contributed by atoms with Crippen LogP contribution in [0.2, 0.25) is 0 Å². The number of non-ortho nitro benzene ring substituents is 1. The SMILES string of the molecule is CCOC(=O)C(C(=O)OCC)C(CCc1cccc([N+](=O)[O-])c1)NC(C)=O. The van der Waals surface area contributed by atoms with E-state index in [0.717, 1.165) is 0 Å². The van der Waals surface area contributed by atoms with Crippen LogP contribution in [0.25, 0.3) is 0 Å². The number of hydrogen-bond acceptors (Lipinski definition) is 7. The Bertz CT molecular complexity index is 672. The number of benzene rings is 1. The van der Waals surface area contributed by atoms with E-state index >= 15 is 0 Å². The molecule has 0 aliphatic rings. The van der Waals surface area contributed by atoms with Crippen molar-refractivity contribution in [2.75, 3.05) is 13.2 Å². The number of carbonyl (C=O) groups is 3. The van der Waals surface area contributed by atoms with Gasteiger partial charge >= 0.3 is 11.9 Å². The molecule has 9 nitrogen and oxygen atoms in total. The van der Waals surface area contributed by atoms with Crippen LogP contribution in [0.1, 0.15) is 32.8 Å². The second kappa shape index (κ2) is 10.9.